The van der Waals surface area contributed by atoms with E-state index in [1.165, 1.54) is 26.5 Å². The molecule has 0 saturated heterocycles. The highest BCUT2D eigenvalue weighted by Gasteiger charge is 2.23. The van der Waals surface area contributed by atoms with E-state index in [-0.39, 0.29) is 0 Å². The Morgan fingerprint density at radius 1 is 0.840 bits per heavy atom. The van der Waals surface area contributed by atoms with Gasteiger partial charge in [-0.15, -0.1) is 0 Å². The smallest absolute Gasteiger partial charge is 0.110 e. The zero-order chi connectivity index (χ0) is 17.1. The van der Waals surface area contributed by atoms with Crippen LogP contribution in [0.15, 0.2) is 99.1 Å². The first-order valence-corrected chi connectivity index (χ1v) is 9.84. The molecule has 0 saturated carbocycles. The third kappa shape index (κ3) is 3.73. The number of hydrogen-bond acceptors (Lipinski definition) is 3. The maximum Gasteiger partial charge on any atom is 0.110 e. The van der Waals surface area contributed by atoms with Gasteiger partial charge < -0.3 is 0 Å². The van der Waals surface area contributed by atoms with Gasteiger partial charge in [0.15, 0.2) is 0 Å². The molecular formula is C22H17NS2. The summed E-state index contributed by atoms with van der Waals surface area (Å²) in [5.41, 5.74) is 4.72. The van der Waals surface area contributed by atoms with Gasteiger partial charge in [0.05, 0.1) is 5.69 Å². The molecule has 0 aromatic heterocycles. The zero-order valence-electron chi connectivity index (χ0n) is 13.8. The molecule has 0 unspecified atom stereocenters. The van der Waals surface area contributed by atoms with Crippen LogP contribution in [0.3, 0.4) is 0 Å². The Morgan fingerprint density at radius 3 is 2.36 bits per heavy atom. The van der Waals surface area contributed by atoms with Crippen LogP contribution in [-0.2, 0) is 0 Å². The van der Waals surface area contributed by atoms with Gasteiger partial charge >= 0.3 is 0 Å². The standard InChI is InChI=1S/C22H17NS2/c1-16-11-13-17(14-12-16)23-22-20(15-24-18-7-3-2-4-8-18)19-9-5-6-10-21(19)25-22/h2-15H,1H3/b20-15+,23-22-. The Hall–Kier alpha value is -2.23. The fourth-order valence-corrected chi connectivity index (χ4v) is 4.57. The molecular weight excluding hydrogens is 342 g/mol. The lowest BCUT2D eigenvalue weighted by atomic mass is 10.1. The molecule has 0 N–H and O–H groups in total. The zero-order valence-corrected chi connectivity index (χ0v) is 15.5. The highest BCUT2D eigenvalue weighted by molar-refractivity contribution is 8.16. The molecule has 0 aliphatic carbocycles. The quantitative estimate of drug-likeness (QED) is 0.468. The van der Waals surface area contributed by atoms with E-state index in [1.807, 2.05) is 6.07 Å². The van der Waals surface area contributed by atoms with Crippen LogP contribution in [0.2, 0.25) is 0 Å². The summed E-state index contributed by atoms with van der Waals surface area (Å²) < 4.78 is 0. The molecule has 1 aliphatic heterocycles. The molecule has 4 rings (SSSR count). The molecule has 0 atom stereocenters. The minimum absolute atomic E-state index is 0.997. The fourth-order valence-electron chi connectivity index (χ4n) is 2.61. The number of rotatable bonds is 3. The van der Waals surface area contributed by atoms with E-state index in [9.17, 15) is 0 Å². The van der Waals surface area contributed by atoms with Crippen LogP contribution in [0, 0.1) is 6.92 Å². The van der Waals surface area contributed by atoms with Crippen molar-refractivity contribution in [2.45, 2.75) is 16.7 Å². The van der Waals surface area contributed by atoms with Crippen molar-refractivity contribution in [3.8, 4) is 0 Å². The van der Waals surface area contributed by atoms with Crippen molar-refractivity contribution >= 4 is 39.8 Å². The van der Waals surface area contributed by atoms with Crippen LogP contribution in [0.1, 0.15) is 11.1 Å². The van der Waals surface area contributed by atoms with Gasteiger partial charge in [-0.05, 0) is 48.2 Å². The van der Waals surface area contributed by atoms with Gasteiger partial charge in [-0.1, -0.05) is 77.6 Å². The molecule has 0 spiro atoms. The van der Waals surface area contributed by atoms with Crippen molar-refractivity contribution in [3.63, 3.8) is 0 Å². The molecule has 0 fully saturated rings. The van der Waals surface area contributed by atoms with Crippen LogP contribution in [-0.4, -0.2) is 5.04 Å². The van der Waals surface area contributed by atoms with Gasteiger partial charge in [0.1, 0.15) is 5.04 Å². The van der Waals surface area contributed by atoms with Crippen LogP contribution < -0.4 is 0 Å². The summed E-state index contributed by atoms with van der Waals surface area (Å²) in [6.07, 6.45) is 0. The average Bonchev–Trinajstić information content (AvgIpc) is 3.00. The minimum atomic E-state index is 0.997. The van der Waals surface area contributed by atoms with E-state index in [0.717, 1.165) is 10.7 Å². The van der Waals surface area contributed by atoms with Gasteiger partial charge in [-0.25, -0.2) is 4.99 Å². The molecule has 3 aromatic rings. The van der Waals surface area contributed by atoms with Crippen molar-refractivity contribution < 1.29 is 0 Å². The SMILES string of the molecule is Cc1ccc(/N=C2\Sc3ccccc3\C2=C/Sc2ccccc2)cc1. The van der Waals surface area contributed by atoms with Crippen molar-refractivity contribution in [2.24, 2.45) is 4.99 Å². The van der Waals surface area contributed by atoms with Gasteiger partial charge in [0, 0.05) is 15.4 Å². The molecule has 122 valence electrons. The largest absolute Gasteiger partial charge is 0.241 e. The Morgan fingerprint density at radius 2 is 1.56 bits per heavy atom. The predicted octanol–water partition coefficient (Wildman–Crippen LogP) is 6.96. The normalized spacial score (nSPS) is 16.4. The van der Waals surface area contributed by atoms with Gasteiger partial charge in [-0.2, -0.15) is 0 Å². The van der Waals surface area contributed by atoms with Crippen LogP contribution in [0.4, 0.5) is 5.69 Å². The second-order valence-electron chi connectivity index (χ2n) is 5.81. The number of fused-ring (bicyclic) bond motifs is 1. The second-order valence-corrected chi connectivity index (χ2v) is 7.79. The van der Waals surface area contributed by atoms with E-state index >= 15 is 0 Å². The Kier molecular flexibility index (Phi) is 4.77. The maximum atomic E-state index is 4.91. The molecule has 0 radical (unpaired) electrons. The van der Waals surface area contributed by atoms with E-state index < -0.39 is 0 Å². The average molecular weight is 360 g/mol. The van der Waals surface area contributed by atoms with E-state index in [1.54, 1.807) is 23.5 Å². The molecule has 1 aliphatic rings. The van der Waals surface area contributed by atoms with E-state index in [0.29, 0.717) is 0 Å². The number of aryl methyl sites for hydroxylation is 1. The van der Waals surface area contributed by atoms with Crippen LogP contribution >= 0.6 is 23.5 Å². The lowest BCUT2D eigenvalue weighted by molar-refractivity contribution is 1.43. The van der Waals surface area contributed by atoms with E-state index in [2.05, 4.69) is 85.1 Å². The lowest BCUT2D eigenvalue weighted by Crippen LogP contribution is -1.88. The fraction of sp³-hybridized carbons (Fsp3) is 0.0455. The van der Waals surface area contributed by atoms with Crippen molar-refractivity contribution in [1.82, 2.24) is 0 Å². The van der Waals surface area contributed by atoms with Gasteiger partial charge in [-0.3, -0.25) is 0 Å². The number of hydrogen-bond donors (Lipinski definition) is 0. The lowest BCUT2D eigenvalue weighted by Gasteiger charge is -2.03. The van der Waals surface area contributed by atoms with Crippen LogP contribution in [0.5, 0.6) is 0 Å². The highest BCUT2D eigenvalue weighted by Crippen LogP contribution is 2.43. The first-order valence-electron chi connectivity index (χ1n) is 8.14. The first kappa shape index (κ1) is 16.2. The number of nitrogens with zero attached hydrogens (tertiary/aromatic N) is 1. The van der Waals surface area contributed by atoms with Crippen molar-refractivity contribution in [3.05, 3.63) is 95.4 Å². The molecule has 3 heteroatoms. The summed E-state index contributed by atoms with van der Waals surface area (Å²) in [6, 6.07) is 27.3. The molecule has 1 heterocycles. The second kappa shape index (κ2) is 7.34. The summed E-state index contributed by atoms with van der Waals surface area (Å²) in [6.45, 7) is 2.10. The molecule has 0 bridgehead atoms. The minimum Gasteiger partial charge on any atom is -0.241 e. The summed E-state index contributed by atoms with van der Waals surface area (Å²) in [4.78, 5) is 7.41. The first-order chi connectivity index (χ1) is 12.3. The maximum absolute atomic E-state index is 4.91. The Balaban J connectivity index is 1.72. The number of aliphatic imine (C=N–C) groups is 1. The van der Waals surface area contributed by atoms with Gasteiger partial charge in [0.2, 0.25) is 0 Å². The summed E-state index contributed by atoms with van der Waals surface area (Å²) in [7, 11) is 0. The Bertz CT molecular complexity index is 941. The van der Waals surface area contributed by atoms with Crippen molar-refractivity contribution in [1.29, 1.82) is 0 Å². The molecule has 3 aromatic carbocycles. The number of benzene rings is 3. The summed E-state index contributed by atoms with van der Waals surface area (Å²) in [5, 5.41) is 3.29. The van der Waals surface area contributed by atoms with E-state index in [4.69, 9.17) is 4.99 Å². The Labute approximate surface area is 156 Å². The third-order valence-corrected chi connectivity index (χ3v) is 5.91. The molecule has 0 amide bonds. The molecule has 25 heavy (non-hydrogen) atoms. The third-order valence-electron chi connectivity index (χ3n) is 3.93. The molecule has 1 nitrogen and oxygen atoms in total. The predicted molar refractivity (Wildman–Crippen MR) is 111 cm³/mol. The van der Waals surface area contributed by atoms with Crippen molar-refractivity contribution in [2.75, 3.05) is 0 Å². The van der Waals surface area contributed by atoms with Gasteiger partial charge in [0.25, 0.3) is 0 Å². The highest BCUT2D eigenvalue weighted by atomic mass is 32.2. The monoisotopic (exact) mass is 359 g/mol. The summed E-state index contributed by atoms with van der Waals surface area (Å²) >= 11 is 3.49. The number of thioether (sulfide) groups is 2. The van der Waals surface area contributed by atoms with Crippen LogP contribution in [0.25, 0.3) is 5.57 Å². The summed E-state index contributed by atoms with van der Waals surface area (Å²) in [5.74, 6) is 0. The topological polar surface area (TPSA) is 12.4 Å².